The third kappa shape index (κ3) is 6.45. The number of allylic oxidation sites excluding steroid dienone is 2. The van der Waals surface area contributed by atoms with Crippen molar-refractivity contribution in [1.82, 2.24) is 9.99 Å². The second kappa shape index (κ2) is 14.0. The molecule has 2 saturated heterocycles. The molecule has 6 atom stereocenters. The Balaban J connectivity index is 1.29. The number of fused-ring (bicyclic) bond motifs is 4. The van der Waals surface area contributed by atoms with Crippen LogP contribution in [0.1, 0.15) is 46.6 Å². The van der Waals surface area contributed by atoms with Crippen molar-refractivity contribution in [2.45, 2.75) is 42.7 Å². The van der Waals surface area contributed by atoms with Crippen LogP contribution in [0.5, 0.6) is 5.75 Å². The Kier molecular flexibility index (Phi) is 9.58. The van der Waals surface area contributed by atoms with Crippen LogP contribution in [-0.2, 0) is 43.1 Å². The van der Waals surface area contributed by atoms with Crippen LogP contribution in [-0.4, -0.2) is 38.7 Å². The molecule has 20 heteroatoms. The number of phenols is 1. The van der Waals surface area contributed by atoms with Gasteiger partial charge in [0, 0.05) is 17.1 Å². The SMILES string of the molecule is O=C1[C@@H]2C[C@@H]3C(=CC[C@@H]4C(=O)N(c5cc(C(F)(F)F)cc(C(F)(F)F)c5)C(=O)[C@@H]43)[C@H](c3cccc(O)c3)[C@]2(c2ccc(Cl)cc2)C(=O)N1Nc1ncc(C(F)(F)F)cc1Cl. The van der Waals surface area contributed by atoms with Crippen LogP contribution in [0.15, 0.2) is 90.6 Å². The third-order valence-corrected chi connectivity index (χ3v) is 12.1. The number of carbonyl (C=O) groups is 4. The smallest absolute Gasteiger partial charge is 0.417 e. The highest BCUT2D eigenvalue weighted by Crippen LogP contribution is 2.64. The number of aromatic nitrogens is 1. The number of phenolic OH excluding ortho intramolecular Hbond substituents is 1. The van der Waals surface area contributed by atoms with Gasteiger partial charge < -0.3 is 5.11 Å². The van der Waals surface area contributed by atoms with Crippen molar-refractivity contribution in [1.29, 1.82) is 0 Å². The largest absolute Gasteiger partial charge is 0.508 e. The molecule has 1 saturated carbocycles. The molecule has 0 bridgehead atoms. The quantitative estimate of drug-likeness (QED) is 0.117. The van der Waals surface area contributed by atoms with Gasteiger partial charge in [0.15, 0.2) is 5.82 Å². The fraction of sp³-hybridized carbons (Fsp3) is 0.275. The van der Waals surface area contributed by atoms with E-state index in [1.807, 2.05) is 0 Å². The van der Waals surface area contributed by atoms with Crippen molar-refractivity contribution in [3.63, 3.8) is 0 Å². The highest BCUT2D eigenvalue weighted by molar-refractivity contribution is 6.33. The number of benzene rings is 3. The van der Waals surface area contributed by atoms with Gasteiger partial charge in [-0.05, 0) is 78.4 Å². The number of carbonyl (C=O) groups excluding carboxylic acids is 4. The van der Waals surface area contributed by atoms with Gasteiger partial charge in [-0.3, -0.25) is 24.6 Å². The van der Waals surface area contributed by atoms with Crippen molar-refractivity contribution < 1.29 is 63.8 Å². The zero-order chi connectivity index (χ0) is 43.4. The molecule has 1 aromatic heterocycles. The summed E-state index contributed by atoms with van der Waals surface area (Å²) in [4.78, 5) is 62.5. The standard InChI is InChI=1S/C40H25Cl2F9N4O5/c41-22-6-4-18(5-7-22)37-28(34(58)55(36(37)60)53-32-29(42)14-21(16-52-32)40(49,50)51)15-27-25(31(37)17-2-1-3-24(56)10-17)8-9-26-30(27)35(59)54(33(26)57)23-12-19(38(43,44)45)11-20(13-23)39(46,47)48/h1-8,10-14,16,26-28,30-31,56H,9,15H2,(H,52,53)/t26-,27+,28-,30-,31-,37+/m0/s1. The first kappa shape index (κ1) is 41.1. The minimum Gasteiger partial charge on any atom is -0.508 e. The maximum Gasteiger partial charge on any atom is 0.417 e. The van der Waals surface area contributed by atoms with E-state index < -0.39 is 117 Å². The first-order valence-corrected chi connectivity index (χ1v) is 18.6. The van der Waals surface area contributed by atoms with Crippen molar-refractivity contribution in [3.8, 4) is 5.75 Å². The van der Waals surface area contributed by atoms with Crippen LogP contribution < -0.4 is 10.3 Å². The molecule has 0 spiro atoms. The van der Waals surface area contributed by atoms with Crippen LogP contribution in [0.2, 0.25) is 10.0 Å². The lowest BCUT2D eigenvalue weighted by molar-refractivity contribution is -0.143. The maximum atomic E-state index is 15.2. The molecule has 60 heavy (non-hydrogen) atoms. The highest BCUT2D eigenvalue weighted by atomic mass is 35.5. The van der Waals surface area contributed by atoms with E-state index in [9.17, 15) is 59.0 Å². The fourth-order valence-corrected chi connectivity index (χ4v) is 9.52. The number of rotatable bonds is 5. The van der Waals surface area contributed by atoms with E-state index in [0.29, 0.717) is 22.8 Å². The number of hydrogen-bond acceptors (Lipinski definition) is 7. The van der Waals surface area contributed by atoms with Gasteiger partial charge in [0.2, 0.25) is 11.8 Å². The van der Waals surface area contributed by atoms with Crippen LogP contribution in [0.4, 0.5) is 51.0 Å². The highest BCUT2D eigenvalue weighted by Gasteiger charge is 2.70. The van der Waals surface area contributed by atoms with E-state index >= 15 is 4.79 Å². The molecule has 0 unspecified atom stereocenters. The lowest BCUT2D eigenvalue weighted by Crippen LogP contribution is -2.53. The summed E-state index contributed by atoms with van der Waals surface area (Å²) in [5.74, 6) is -11.7. The number of pyridine rings is 1. The van der Waals surface area contributed by atoms with Crippen molar-refractivity contribution >= 4 is 58.3 Å². The van der Waals surface area contributed by atoms with Gasteiger partial charge in [-0.25, -0.2) is 9.88 Å². The predicted molar refractivity (Wildman–Crippen MR) is 194 cm³/mol. The van der Waals surface area contributed by atoms with Gasteiger partial charge in [0.25, 0.3) is 11.8 Å². The Morgan fingerprint density at radius 2 is 1.38 bits per heavy atom. The van der Waals surface area contributed by atoms with Gasteiger partial charge >= 0.3 is 18.5 Å². The normalized spacial score (nSPS) is 25.6. The number of hydrazine groups is 1. The summed E-state index contributed by atoms with van der Waals surface area (Å²) in [6.07, 6.45) is -14.2. The minimum atomic E-state index is -5.30. The minimum absolute atomic E-state index is 0.144. The number of anilines is 2. The number of amides is 4. The van der Waals surface area contributed by atoms with Gasteiger partial charge in [-0.2, -0.15) is 44.5 Å². The third-order valence-electron chi connectivity index (χ3n) is 11.6. The first-order valence-electron chi connectivity index (χ1n) is 17.8. The monoisotopic (exact) mass is 882 g/mol. The zero-order valence-electron chi connectivity index (χ0n) is 30.0. The number of halogens is 11. The second-order valence-electron chi connectivity index (χ2n) is 14.8. The number of hydrogen-bond donors (Lipinski definition) is 2. The second-order valence-corrected chi connectivity index (χ2v) is 15.6. The van der Waals surface area contributed by atoms with Crippen LogP contribution >= 0.6 is 23.2 Å². The molecule has 0 radical (unpaired) electrons. The Hall–Kier alpha value is -5.62. The fourth-order valence-electron chi connectivity index (χ4n) is 9.18. The summed E-state index contributed by atoms with van der Waals surface area (Å²) in [6.45, 7) is 0. The van der Waals surface area contributed by atoms with Gasteiger partial charge in [0.1, 0.15) is 5.75 Å². The van der Waals surface area contributed by atoms with Crippen molar-refractivity contribution in [2.75, 3.05) is 10.3 Å². The number of nitrogens with one attached hydrogen (secondary N) is 1. The van der Waals surface area contributed by atoms with Crippen LogP contribution in [0, 0.1) is 23.7 Å². The number of alkyl halides is 9. The lowest BCUT2D eigenvalue weighted by Gasteiger charge is -2.50. The molecule has 3 fully saturated rings. The van der Waals surface area contributed by atoms with Crippen LogP contribution in [0.3, 0.4) is 0 Å². The molecular weight excluding hydrogens is 858 g/mol. The first-order chi connectivity index (χ1) is 28.0. The molecular formula is C40H25Cl2F9N4O5. The van der Waals surface area contributed by atoms with E-state index in [1.54, 1.807) is 6.08 Å². The van der Waals surface area contributed by atoms with E-state index in [1.165, 1.54) is 48.5 Å². The zero-order valence-corrected chi connectivity index (χ0v) is 31.5. The average Bonchev–Trinajstić information content (AvgIpc) is 3.55. The van der Waals surface area contributed by atoms with Crippen molar-refractivity contribution in [2.24, 2.45) is 23.7 Å². The summed E-state index contributed by atoms with van der Waals surface area (Å²) < 4.78 is 124. The summed E-state index contributed by atoms with van der Waals surface area (Å²) in [7, 11) is 0. The summed E-state index contributed by atoms with van der Waals surface area (Å²) >= 11 is 12.4. The summed E-state index contributed by atoms with van der Waals surface area (Å²) in [5, 5.41) is 10.8. The Morgan fingerprint density at radius 3 is 1.97 bits per heavy atom. The number of imide groups is 2. The molecule has 8 rings (SSSR count). The predicted octanol–water partition coefficient (Wildman–Crippen LogP) is 9.34. The average molecular weight is 884 g/mol. The molecule has 9 nitrogen and oxygen atoms in total. The van der Waals surface area contributed by atoms with Gasteiger partial charge in [-0.15, -0.1) is 0 Å². The molecule has 4 aromatic rings. The Labute approximate surface area is 342 Å². The van der Waals surface area contributed by atoms with Gasteiger partial charge in [-0.1, -0.05) is 59.1 Å². The topological polar surface area (TPSA) is 120 Å². The van der Waals surface area contributed by atoms with E-state index in [4.69, 9.17) is 23.2 Å². The van der Waals surface area contributed by atoms with E-state index in [0.717, 1.165) is 0 Å². The molecule has 3 aromatic carbocycles. The Morgan fingerprint density at radius 1 is 0.750 bits per heavy atom. The molecule has 2 aliphatic heterocycles. The molecule has 2 aliphatic carbocycles. The van der Waals surface area contributed by atoms with E-state index in [2.05, 4.69) is 10.4 Å². The summed E-state index contributed by atoms with van der Waals surface area (Å²) in [6, 6.07) is 12.3. The lowest BCUT2D eigenvalue weighted by atomic mass is 9.49. The van der Waals surface area contributed by atoms with Gasteiger partial charge in [0.05, 0.1) is 50.6 Å². The summed E-state index contributed by atoms with van der Waals surface area (Å²) in [5.41, 5.74) is -4.54. The van der Waals surface area contributed by atoms with E-state index in [-0.39, 0.29) is 51.4 Å². The molecule has 3 heterocycles. The maximum absolute atomic E-state index is 15.2. The number of aromatic hydroxyl groups is 1. The molecule has 4 amide bonds. The molecule has 4 aliphatic rings. The van der Waals surface area contributed by atoms with Crippen LogP contribution in [0.25, 0.3) is 0 Å². The molecule has 312 valence electrons. The number of nitrogens with zero attached hydrogens (tertiary/aromatic N) is 3. The van der Waals surface area contributed by atoms with Crippen molar-refractivity contribution in [3.05, 3.63) is 129 Å². The molecule has 2 N–H and O–H groups in total. The Bertz CT molecular complexity index is 2500.